The van der Waals surface area contributed by atoms with E-state index in [1.165, 1.54) is 11.1 Å². The van der Waals surface area contributed by atoms with Crippen LogP contribution in [0.4, 0.5) is 0 Å². The fraction of sp³-hybridized carbons (Fsp3) is 0.400. The van der Waals surface area contributed by atoms with Crippen LogP contribution in [-0.2, 0) is 11.2 Å². The molecule has 128 valence electrons. The van der Waals surface area contributed by atoms with Gasteiger partial charge in [-0.25, -0.2) is 0 Å². The molecule has 1 heterocycles. The Kier molecular flexibility index (Phi) is 5.99. The van der Waals surface area contributed by atoms with Gasteiger partial charge >= 0.3 is 0 Å². The third-order valence-corrected chi connectivity index (χ3v) is 4.55. The molecule has 0 spiro atoms. The van der Waals surface area contributed by atoms with Gasteiger partial charge in [0.25, 0.3) is 0 Å². The van der Waals surface area contributed by atoms with Gasteiger partial charge in [0.15, 0.2) is 0 Å². The molecule has 3 rings (SSSR count). The first-order chi connectivity index (χ1) is 11.8. The summed E-state index contributed by atoms with van der Waals surface area (Å²) in [6.45, 7) is 4.64. The Bertz CT molecular complexity index is 619. The number of rotatable bonds is 6. The average Bonchev–Trinajstić information content (AvgIpc) is 2.64. The monoisotopic (exact) mass is 326 g/mol. The summed E-state index contributed by atoms with van der Waals surface area (Å²) in [6.07, 6.45) is 0.455. The molecule has 4 heteroatoms. The quantitative estimate of drug-likeness (QED) is 0.854. The predicted molar refractivity (Wildman–Crippen MR) is 96.9 cm³/mol. The number of hydrogen-bond donors (Lipinski definition) is 2. The van der Waals surface area contributed by atoms with E-state index in [0.717, 1.165) is 43.9 Å². The lowest BCUT2D eigenvalue weighted by Crippen LogP contribution is -2.38. The zero-order chi connectivity index (χ0) is 16.8. The van der Waals surface area contributed by atoms with Crippen molar-refractivity contribution in [2.75, 3.05) is 39.4 Å². The first kappa shape index (κ1) is 17.1. The van der Waals surface area contributed by atoms with Crippen LogP contribution in [0.2, 0.25) is 0 Å². The van der Waals surface area contributed by atoms with Gasteiger partial charge in [-0.2, -0.15) is 0 Å². The molecule has 1 atom stereocenters. The van der Waals surface area contributed by atoms with Crippen LogP contribution in [0.5, 0.6) is 0 Å². The molecule has 0 saturated carbocycles. The van der Waals surface area contributed by atoms with Gasteiger partial charge in [-0.1, -0.05) is 48.5 Å². The van der Waals surface area contributed by atoms with E-state index >= 15 is 0 Å². The normalized spacial score (nSPS) is 16.9. The summed E-state index contributed by atoms with van der Waals surface area (Å²) in [5.74, 6) is 0. The van der Waals surface area contributed by atoms with Crippen LogP contribution in [-0.4, -0.2) is 49.4 Å². The van der Waals surface area contributed by atoms with Crippen molar-refractivity contribution in [3.8, 4) is 11.1 Å². The van der Waals surface area contributed by atoms with Crippen molar-refractivity contribution in [3.05, 3.63) is 59.7 Å². The largest absolute Gasteiger partial charge is 0.387 e. The number of nitrogens with zero attached hydrogens (tertiary/aromatic N) is 1. The fourth-order valence-electron chi connectivity index (χ4n) is 3.06. The fourth-order valence-corrected chi connectivity index (χ4v) is 3.06. The van der Waals surface area contributed by atoms with E-state index < -0.39 is 6.10 Å². The second-order valence-electron chi connectivity index (χ2n) is 6.29. The maximum atomic E-state index is 10.4. The van der Waals surface area contributed by atoms with Crippen molar-refractivity contribution in [1.82, 2.24) is 4.90 Å². The van der Waals surface area contributed by atoms with Crippen LogP contribution < -0.4 is 5.73 Å². The third kappa shape index (κ3) is 4.42. The first-order valence-electron chi connectivity index (χ1n) is 8.64. The summed E-state index contributed by atoms with van der Waals surface area (Å²) in [5, 5.41) is 10.4. The number of aliphatic hydroxyl groups excluding tert-OH is 1. The lowest BCUT2D eigenvalue weighted by atomic mass is 10.00. The molecule has 2 aromatic carbocycles. The Morgan fingerprint density at radius 1 is 0.958 bits per heavy atom. The minimum absolute atomic E-state index is 0.455. The molecule has 24 heavy (non-hydrogen) atoms. The molecule has 1 fully saturated rings. The van der Waals surface area contributed by atoms with Crippen LogP contribution in [0.25, 0.3) is 11.1 Å². The molecule has 0 aromatic heterocycles. The topological polar surface area (TPSA) is 58.7 Å². The molecule has 1 aliphatic rings. The number of nitrogens with two attached hydrogens (primary N) is 1. The van der Waals surface area contributed by atoms with Crippen LogP contribution in [0.3, 0.4) is 0 Å². The summed E-state index contributed by atoms with van der Waals surface area (Å²) < 4.78 is 5.35. The number of benzene rings is 2. The molecule has 1 saturated heterocycles. The van der Waals surface area contributed by atoms with E-state index in [1.54, 1.807) is 0 Å². The number of β-amino-alcohol motifs (C(OH)–C–C–N with tert-alkyl or cyclic N) is 1. The van der Waals surface area contributed by atoms with E-state index in [4.69, 9.17) is 10.5 Å². The molecule has 4 nitrogen and oxygen atoms in total. The van der Waals surface area contributed by atoms with E-state index in [0.29, 0.717) is 13.1 Å². The van der Waals surface area contributed by atoms with Crippen molar-refractivity contribution >= 4 is 0 Å². The molecule has 3 N–H and O–H groups in total. The third-order valence-electron chi connectivity index (χ3n) is 4.55. The molecule has 1 aliphatic heterocycles. The first-order valence-corrected chi connectivity index (χ1v) is 8.64. The summed E-state index contributed by atoms with van der Waals surface area (Å²) in [4.78, 5) is 2.25. The highest BCUT2D eigenvalue weighted by molar-refractivity contribution is 5.64. The Balaban J connectivity index is 1.63. The van der Waals surface area contributed by atoms with Crippen LogP contribution in [0.15, 0.2) is 48.5 Å². The summed E-state index contributed by atoms with van der Waals surface area (Å²) in [5.41, 5.74) is 10.2. The van der Waals surface area contributed by atoms with Gasteiger partial charge < -0.3 is 15.6 Å². The lowest BCUT2D eigenvalue weighted by molar-refractivity contribution is 0.0143. The highest BCUT2D eigenvalue weighted by atomic mass is 16.5. The highest BCUT2D eigenvalue weighted by Gasteiger charge is 2.16. The van der Waals surface area contributed by atoms with Gasteiger partial charge in [0.1, 0.15) is 0 Å². The Hall–Kier alpha value is -1.72. The van der Waals surface area contributed by atoms with Gasteiger partial charge in [-0.3, -0.25) is 4.90 Å². The second-order valence-corrected chi connectivity index (χ2v) is 6.29. The molecule has 0 amide bonds. The average molecular weight is 326 g/mol. The molecular weight excluding hydrogens is 300 g/mol. The van der Waals surface area contributed by atoms with E-state index in [2.05, 4.69) is 41.3 Å². The number of hydrogen-bond acceptors (Lipinski definition) is 4. The number of morpholine rings is 1. The number of aliphatic hydroxyl groups is 1. The number of ether oxygens (including phenoxy) is 1. The maximum Gasteiger partial charge on any atom is 0.0916 e. The van der Waals surface area contributed by atoms with Gasteiger partial charge in [-0.15, -0.1) is 0 Å². The molecule has 2 aromatic rings. The zero-order valence-corrected chi connectivity index (χ0v) is 14.0. The standard InChI is InChI=1S/C20H26N2O2/c21-10-9-16-1-3-17(4-2-16)18-5-7-19(8-6-18)20(23)15-22-11-13-24-14-12-22/h1-8,20,23H,9-15,21H2. The van der Waals surface area contributed by atoms with Crippen molar-refractivity contribution in [2.45, 2.75) is 12.5 Å². The second kappa shape index (κ2) is 8.40. The summed E-state index contributed by atoms with van der Waals surface area (Å²) in [7, 11) is 0. The van der Waals surface area contributed by atoms with Gasteiger partial charge in [0.2, 0.25) is 0 Å². The zero-order valence-electron chi connectivity index (χ0n) is 14.0. The molecule has 0 bridgehead atoms. The van der Waals surface area contributed by atoms with E-state index in [9.17, 15) is 5.11 Å². The predicted octanol–water partition coefficient (Wildman–Crippen LogP) is 2.22. The van der Waals surface area contributed by atoms with Gasteiger partial charge in [-0.05, 0) is 35.2 Å². The Morgan fingerprint density at radius 2 is 1.54 bits per heavy atom. The SMILES string of the molecule is NCCc1ccc(-c2ccc(C(O)CN3CCOCC3)cc2)cc1. The Morgan fingerprint density at radius 3 is 2.12 bits per heavy atom. The van der Waals surface area contributed by atoms with Crippen molar-refractivity contribution < 1.29 is 9.84 Å². The van der Waals surface area contributed by atoms with E-state index in [-0.39, 0.29) is 0 Å². The smallest absolute Gasteiger partial charge is 0.0916 e. The van der Waals surface area contributed by atoms with Crippen molar-refractivity contribution in [3.63, 3.8) is 0 Å². The molecule has 0 aliphatic carbocycles. The molecule has 1 unspecified atom stereocenters. The maximum absolute atomic E-state index is 10.4. The Labute approximate surface area is 143 Å². The molecular formula is C20H26N2O2. The molecule has 0 radical (unpaired) electrons. The lowest BCUT2D eigenvalue weighted by Gasteiger charge is -2.28. The van der Waals surface area contributed by atoms with Crippen LogP contribution in [0, 0.1) is 0 Å². The summed E-state index contributed by atoms with van der Waals surface area (Å²) >= 11 is 0. The minimum Gasteiger partial charge on any atom is -0.387 e. The highest BCUT2D eigenvalue weighted by Crippen LogP contribution is 2.23. The van der Waals surface area contributed by atoms with Crippen LogP contribution in [0.1, 0.15) is 17.2 Å². The van der Waals surface area contributed by atoms with Crippen LogP contribution >= 0.6 is 0 Å². The summed E-state index contributed by atoms with van der Waals surface area (Å²) in [6, 6.07) is 16.7. The van der Waals surface area contributed by atoms with Gasteiger partial charge in [0.05, 0.1) is 19.3 Å². The minimum atomic E-state index is -0.455. The van der Waals surface area contributed by atoms with E-state index in [1.807, 2.05) is 12.1 Å². The van der Waals surface area contributed by atoms with Gasteiger partial charge in [0, 0.05) is 19.6 Å². The van der Waals surface area contributed by atoms with Crippen molar-refractivity contribution in [1.29, 1.82) is 0 Å². The van der Waals surface area contributed by atoms with Crippen molar-refractivity contribution in [2.24, 2.45) is 5.73 Å².